The normalized spacial score (nSPS) is 12.0. The summed E-state index contributed by atoms with van der Waals surface area (Å²) < 4.78 is 5.20. The topological polar surface area (TPSA) is 55.7 Å². The highest BCUT2D eigenvalue weighted by Gasteiger charge is 2.16. The molecule has 21 heavy (non-hydrogen) atoms. The first-order valence-electron chi connectivity index (χ1n) is 6.57. The molecule has 1 atom stereocenters. The van der Waals surface area contributed by atoms with Gasteiger partial charge >= 0.3 is 5.97 Å². The first-order valence-corrected chi connectivity index (χ1v) is 6.57. The summed E-state index contributed by atoms with van der Waals surface area (Å²) in [6, 6.07) is 15.9. The zero-order valence-electron chi connectivity index (χ0n) is 11.6. The number of carbonyl (C=O) groups excluding carboxylic acids is 1. The van der Waals surface area contributed by atoms with E-state index in [0.717, 1.165) is 11.1 Å². The second-order valence-corrected chi connectivity index (χ2v) is 4.48. The fourth-order valence-electron chi connectivity index (χ4n) is 1.70. The smallest absolute Gasteiger partial charge is 0.339 e. The minimum atomic E-state index is -1.02. The molecule has 0 spiro atoms. The predicted octanol–water partition coefficient (Wildman–Crippen LogP) is 3.92. The van der Waals surface area contributed by atoms with Crippen molar-refractivity contribution in [2.24, 2.45) is 5.18 Å². The molecule has 0 radical (unpaired) electrons. The Kier molecular flexibility index (Phi) is 4.99. The number of rotatable bonds is 5. The van der Waals surface area contributed by atoms with Gasteiger partial charge in [0.1, 0.15) is 5.75 Å². The maximum atomic E-state index is 11.6. The Balaban J connectivity index is 2.19. The van der Waals surface area contributed by atoms with Crippen LogP contribution in [0.4, 0.5) is 0 Å². The summed E-state index contributed by atoms with van der Waals surface area (Å²) in [7, 11) is 0. The Morgan fingerprint density at radius 1 is 1.05 bits per heavy atom. The van der Waals surface area contributed by atoms with Gasteiger partial charge in [-0.15, -0.1) is 4.91 Å². The quantitative estimate of drug-likeness (QED) is 0.361. The number of para-hydroxylation sites is 1. The lowest BCUT2D eigenvalue weighted by Crippen LogP contribution is -2.20. The van der Waals surface area contributed by atoms with Gasteiger partial charge in [-0.2, -0.15) is 0 Å². The standard InChI is InChI=1S/C17H15NO3/c1-13(18-20)17(19)21-16-10-6-5-9-15(16)12-11-14-7-3-2-4-8-14/h2-13H,1H3. The lowest BCUT2D eigenvalue weighted by molar-refractivity contribution is -0.135. The summed E-state index contributed by atoms with van der Waals surface area (Å²) in [5.41, 5.74) is 1.80. The van der Waals surface area contributed by atoms with Crippen LogP contribution in [0.5, 0.6) is 5.75 Å². The molecule has 0 fully saturated rings. The van der Waals surface area contributed by atoms with Crippen molar-refractivity contribution in [3.05, 3.63) is 70.6 Å². The van der Waals surface area contributed by atoms with E-state index in [1.807, 2.05) is 54.6 Å². The van der Waals surface area contributed by atoms with Crippen molar-refractivity contribution in [1.29, 1.82) is 0 Å². The average molecular weight is 281 g/mol. The summed E-state index contributed by atoms with van der Waals surface area (Å²) >= 11 is 0. The van der Waals surface area contributed by atoms with Gasteiger partial charge in [-0.1, -0.05) is 65.9 Å². The van der Waals surface area contributed by atoms with Crippen molar-refractivity contribution < 1.29 is 9.53 Å². The fourth-order valence-corrected chi connectivity index (χ4v) is 1.70. The Morgan fingerprint density at radius 2 is 1.71 bits per heavy atom. The molecule has 0 aromatic heterocycles. The van der Waals surface area contributed by atoms with E-state index < -0.39 is 12.0 Å². The van der Waals surface area contributed by atoms with Crippen molar-refractivity contribution in [2.75, 3.05) is 0 Å². The van der Waals surface area contributed by atoms with Crippen LogP contribution in [-0.2, 0) is 4.79 Å². The second-order valence-electron chi connectivity index (χ2n) is 4.48. The zero-order valence-corrected chi connectivity index (χ0v) is 11.6. The minimum Gasteiger partial charge on any atom is -0.424 e. The third-order valence-corrected chi connectivity index (χ3v) is 2.88. The van der Waals surface area contributed by atoms with E-state index in [9.17, 15) is 9.70 Å². The molecule has 1 unspecified atom stereocenters. The average Bonchev–Trinajstić information content (AvgIpc) is 2.54. The highest BCUT2D eigenvalue weighted by molar-refractivity contribution is 5.80. The first kappa shape index (κ1) is 14.7. The van der Waals surface area contributed by atoms with E-state index in [1.165, 1.54) is 6.92 Å². The molecular weight excluding hydrogens is 266 g/mol. The highest BCUT2D eigenvalue weighted by atomic mass is 16.5. The van der Waals surface area contributed by atoms with Crippen LogP contribution in [0.15, 0.2) is 59.8 Å². The van der Waals surface area contributed by atoms with Gasteiger partial charge in [-0.3, -0.25) is 0 Å². The third-order valence-electron chi connectivity index (χ3n) is 2.88. The second kappa shape index (κ2) is 7.14. The van der Waals surface area contributed by atoms with Crippen molar-refractivity contribution in [3.63, 3.8) is 0 Å². The molecule has 0 heterocycles. The van der Waals surface area contributed by atoms with E-state index in [2.05, 4.69) is 5.18 Å². The largest absolute Gasteiger partial charge is 0.424 e. The molecule has 0 saturated carbocycles. The molecule has 4 nitrogen and oxygen atoms in total. The molecule has 0 aliphatic carbocycles. The van der Waals surface area contributed by atoms with Crippen LogP contribution in [-0.4, -0.2) is 12.0 Å². The molecule has 2 aromatic rings. The molecule has 0 amide bonds. The Labute approximate surface area is 123 Å². The Morgan fingerprint density at radius 3 is 2.43 bits per heavy atom. The minimum absolute atomic E-state index is 0.408. The van der Waals surface area contributed by atoms with Crippen LogP contribution < -0.4 is 4.74 Å². The van der Waals surface area contributed by atoms with Crippen molar-refractivity contribution in [2.45, 2.75) is 13.0 Å². The molecule has 0 saturated heterocycles. The highest BCUT2D eigenvalue weighted by Crippen LogP contribution is 2.21. The van der Waals surface area contributed by atoms with E-state index in [-0.39, 0.29) is 0 Å². The number of ether oxygens (including phenoxy) is 1. The first-order chi connectivity index (χ1) is 10.2. The lowest BCUT2D eigenvalue weighted by atomic mass is 10.1. The van der Waals surface area contributed by atoms with Gasteiger partial charge in [0.05, 0.1) is 0 Å². The third kappa shape index (κ3) is 4.11. The summed E-state index contributed by atoms with van der Waals surface area (Å²) in [6.07, 6.45) is 3.78. The lowest BCUT2D eigenvalue weighted by Gasteiger charge is -2.08. The molecule has 0 bridgehead atoms. The Bertz CT molecular complexity index is 650. The molecule has 106 valence electrons. The SMILES string of the molecule is CC(N=O)C(=O)Oc1ccccc1C=Cc1ccccc1. The molecule has 4 heteroatoms. The van der Waals surface area contributed by atoms with Gasteiger partial charge in [0.15, 0.2) is 6.04 Å². The maximum absolute atomic E-state index is 11.6. The van der Waals surface area contributed by atoms with Crippen LogP contribution in [0.3, 0.4) is 0 Å². The molecule has 0 aliphatic rings. The summed E-state index contributed by atoms with van der Waals surface area (Å²) in [5, 5.41) is 2.67. The number of carbonyl (C=O) groups is 1. The van der Waals surface area contributed by atoms with Gasteiger partial charge in [-0.25, -0.2) is 4.79 Å². The maximum Gasteiger partial charge on any atom is 0.339 e. The van der Waals surface area contributed by atoms with E-state index >= 15 is 0 Å². The zero-order chi connectivity index (χ0) is 15.1. The van der Waals surface area contributed by atoms with E-state index in [0.29, 0.717) is 5.75 Å². The van der Waals surface area contributed by atoms with Crippen LogP contribution >= 0.6 is 0 Å². The number of nitrogens with zero attached hydrogens (tertiary/aromatic N) is 1. The number of esters is 1. The van der Waals surface area contributed by atoms with Crippen LogP contribution in [0.1, 0.15) is 18.1 Å². The van der Waals surface area contributed by atoms with Crippen molar-refractivity contribution >= 4 is 18.1 Å². The van der Waals surface area contributed by atoms with Gasteiger partial charge in [0.25, 0.3) is 0 Å². The number of nitroso groups, excluding NO2 is 1. The molecular formula is C17H15NO3. The summed E-state index contributed by atoms with van der Waals surface area (Å²) in [5.74, 6) is -0.254. The number of benzene rings is 2. The van der Waals surface area contributed by atoms with Crippen LogP contribution in [0.2, 0.25) is 0 Å². The summed E-state index contributed by atoms with van der Waals surface area (Å²) in [6.45, 7) is 1.40. The van der Waals surface area contributed by atoms with E-state index in [4.69, 9.17) is 4.74 Å². The van der Waals surface area contributed by atoms with E-state index in [1.54, 1.807) is 12.1 Å². The van der Waals surface area contributed by atoms with Gasteiger partial charge < -0.3 is 4.74 Å². The van der Waals surface area contributed by atoms with Gasteiger partial charge in [-0.05, 0) is 18.6 Å². The molecule has 0 aliphatic heterocycles. The predicted molar refractivity (Wildman–Crippen MR) is 82.7 cm³/mol. The van der Waals surface area contributed by atoms with Gasteiger partial charge in [0, 0.05) is 5.56 Å². The number of hydrogen-bond donors (Lipinski definition) is 0. The van der Waals surface area contributed by atoms with Crippen molar-refractivity contribution in [3.8, 4) is 5.75 Å². The van der Waals surface area contributed by atoms with Crippen molar-refractivity contribution in [1.82, 2.24) is 0 Å². The molecule has 2 aromatic carbocycles. The van der Waals surface area contributed by atoms with Crippen LogP contribution in [0.25, 0.3) is 12.2 Å². The fraction of sp³-hybridized carbons (Fsp3) is 0.118. The monoisotopic (exact) mass is 281 g/mol. The van der Waals surface area contributed by atoms with Gasteiger partial charge in [0.2, 0.25) is 0 Å². The van der Waals surface area contributed by atoms with Crippen LogP contribution in [0, 0.1) is 4.91 Å². The molecule has 0 N–H and O–H groups in total. The number of hydrogen-bond acceptors (Lipinski definition) is 4. The molecule has 2 rings (SSSR count). The summed E-state index contributed by atoms with van der Waals surface area (Å²) in [4.78, 5) is 22.0. The Hall–Kier alpha value is -2.75.